The first-order chi connectivity index (χ1) is 13.9. The number of nitrogens with zero attached hydrogens (tertiary/aromatic N) is 1. The van der Waals surface area contributed by atoms with Gasteiger partial charge in [-0.25, -0.2) is 4.79 Å². The van der Waals surface area contributed by atoms with Crippen molar-refractivity contribution in [3.05, 3.63) is 70.8 Å². The molecule has 2 aromatic rings. The van der Waals surface area contributed by atoms with Gasteiger partial charge in [0.25, 0.3) is 17.7 Å². The molecule has 1 atom stereocenters. The molecule has 0 bridgehead atoms. The predicted molar refractivity (Wildman–Crippen MR) is 105 cm³/mol. The molecule has 3 rings (SSSR count). The van der Waals surface area contributed by atoms with Gasteiger partial charge in [0.2, 0.25) is 0 Å². The number of nitrogens with one attached hydrogen (secondary N) is 1. The molecule has 0 aliphatic carbocycles. The number of benzene rings is 2. The molecule has 3 amide bonds. The maximum Gasteiger partial charge on any atom is 0.338 e. The molecular formula is C22H22N2O5. The average molecular weight is 394 g/mol. The van der Waals surface area contributed by atoms with Crippen LogP contribution in [-0.2, 0) is 16.1 Å². The molecule has 0 unspecified atom stereocenters. The van der Waals surface area contributed by atoms with Gasteiger partial charge in [0.05, 0.1) is 23.2 Å². The monoisotopic (exact) mass is 394 g/mol. The number of ether oxygens (including phenoxy) is 1. The van der Waals surface area contributed by atoms with E-state index >= 15 is 0 Å². The first kappa shape index (κ1) is 20.3. The zero-order chi connectivity index (χ0) is 21.0. The highest BCUT2D eigenvalue weighted by atomic mass is 16.5. The minimum atomic E-state index is -0.645. The minimum Gasteiger partial charge on any atom is -0.452 e. The van der Waals surface area contributed by atoms with Gasteiger partial charge in [0.15, 0.2) is 6.61 Å². The van der Waals surface area contributed by atoms with Gasteiger partial charge in [0, 0.05) is 6.04 Å². The Labute approximate surface area is 168 Å². The Bertz CT molecular complexity index is 934. The number of hydrogen-bond donors (Lipinski definition) is 1. The third kappa shape index (κ3) is 4.51. The minimum absolute atomic E-state index is 0.00388. The fourth-order valence-electron chi connectivity index (χ4n) is 2.99. The zero-order valence-electron chi connectivity index (χ0n) is 16.3. The Morgan fingerprint density at radius 2 is 1.69 bits per heavy atom. The topological polar surface area (TPSA) is 92.8 Å². The van der Waals surface area contributed by atoms with Crippen LogP contribution >= 0.6 is 0 Å². The van der Waals surface area contributed by atoms with Crippen LogP contribution in [0.3, 0.4) is 0 Å². The second-order valence-corrected chi connectivity index (χ2v) is 6.90. The van der Waals surface area contributed by atoms with Crippen molar-refractivity contribution in [2.24, 2.45) is 0 Å². The maximum atomic E-state index is 12.5. The van der Waals surface area contributed by atoms with Crippen LogP contribution in [0.15, 0.2) is 48.5 Å². The van der Waals surface area contributed by atoms with Crippen LogP contribution in [0.25, 0.3) is 0 Å². The lowest BCUT2D eigenvalue weighted by atomic mass is 10.1. The average Bonchev–Trinajstić information content (AvgIpc) is 2.97. The number of esters is 1. The van der Waals surface area contributed by atoms with Gasteiger partial charge in [-0.3, -0.25) is 19.3 Å². The molecule has 2 aromatic carbocycles. The molecule has 150 valence electrons. The van der Waals surface area contributed by atoms with Crippen molar-refractivity contribution < 1.29 is 23.9 Å². The standard InChI is InChI=1S/C22H22N2O5/c1-3-14(2)23-19(25)13-29-22(28)16-8-6-7-15(11-16)12-24-20(26)17-9-4-5-10-18(17)21(24)27/h4-11,14H,3,12-13H2,1-2H3,(H,23,25)/t14-/m1/s1. The zero-order valence-corrected chi connectivity index (χ0v) is 16.3. The summed E-state index contributed by atoms with van der Waals surface area (Å²) in [5.74, 6) is -1.73. The smallest absolute Gasteiger partial charge is 0.338 e. The molecule has 1 N–H and O–H groups in total. The first-order valence-corrected chi connectivity index (χ1v) is 9.41. The third-order valence-electron chi connectivity index (χ3n) is 4.74. The van der Waals surface area contributed by atoms with Crippen LogP contribution in [-0.4, -0.2) is 41.2 Å². The van der Waals surface area contributed by atoms with Gasteiger partial charge in [-0.05, 0) is 43.2 Å². The van der Waals surface area contributed by atoms with E-state index in [4.69, 9.17) is 4.74 Å². The number of amides is 3. The van der Waals surface area contributed by atoms with E-state index in [1.54, 1.807) is 48.5 Å². The fourth-order valence-corrected chi connectivity index (χ4v) is 2.99. The van der Waals surface area contributed by atoms with Crippen molar-refractivity contribution in [3.8, 4) is 0 Å². The number of hydrogen-bond acceptors (Lipinski definition) is 5. The Morgan fingerprint density at radius 3 is 2.31 bits per heavy atom. The molecule has 0 saturated carbocycles. The summed E-state index contributed by atoms with van der Waals surface area (Å²) in [5, 5.41) is 2.72. The van der Waals surface area contributed by atoms with Crippen LogP contribution < -0.4 is 5.32 Å². The van der Waals surface area contributed by atoms with Crippen LogP contribution in [0.1, 0.15) is 56.9 Å². The second kappa shape index (κ2) is 8.68. The Kier molecular flexibility index (Phi) is 6.07. The molecular weight excluding hydrogens is 372 g/mol. The molecule has 1 aliphatic heterocycles. The van der Waals surface area contributed by atoms with E-state index in [9.17, 15) is 19.2 Å². The highest BCUT2D eigenvalue weighted by Gasteiger charge is 2.35. The molecule has 29 heavy (non-hydrogen) atoms. The summed E-state index contributed by atoms with van der Waals surface area (Å²) in [6, 6.07) is 13.1. The molecule has 0 aromatic heterocycles. The predicted octanol–water partition coefficient (Wildman–Crippen LogP) is 2.55. The van der Waals surface area contributed by atoms with Gasteiger partial charge in [0.1, 0.15) is 0 Å². The van der Waals surface area contributed by atoms with E-state index in [1.165, 1.54) is 0 Å². The highest BCUT2D eigenvalue weighted by Crippen LogP contribution is 2.24. The summed E-state index contributed by atoms with van der Waals surface area (Å²) < 4.78 is 5.05. The largest absolute Gasteiger partial charge is 0.452 e. The lowest BCUT2D eigenvalue weighted by molar-refractivity contribution is -0.124. The Morgan fingerprint density at radius 1 is 1.03 bits per heavy atom. The molecule has 1 heterocycles. The van der Waals surface area contributed by atoms with E-state index in [0.717, 1.165) is 11.3 Å². The highest BCUT2D eigenvalue weighted by molar-refractivity contribution is 6.21. The molecule has 0 radical (unpaired) electrons. The molecule has 0 fully saturated rings. The van der Waals surface area contributed by atoms with Crippen molar-refractivity contribution in [1.82, 2.24) is 10.2 Å². The van der Waals surface area contributed by atoms with Gasteiger partial charge in [-0.15, -0.1) is 0 Å². The van der Waals surface area contributed by atoms with Gasteiger partial charge >= 0.3 is 5.97 Å². The summed E-state index contributed by atoms with van der Waals surface area (Å²) in [6.07, 6.45) is 0.777. The number of carbonyl (C=O) groups excluding carboxylic acids is 4. The van der Waals surface area contributed by atoms with Crippen LogP contribution in [0.5, 0.6) is 0 Å². The van der Waals surface area contributed by atoms with Crippen molar-refractivity contribution in [2.75, 3.05) is 6.61 Å². The van der Waals surface area contributed by atoms with Crippen LogP contribution in [0.4, 0.5) is 0 Å². The van der Waals surface area contributed by atoms with Crippen LogP contribution in [0, 0.1) is 0 Å². The first-order valence-electron chi connectivity index (χ1n) is 9.41. The lowest BCUT2D eigenvalue weighted by Crippen LogP contribution is -2.35. The summed E-state index contributed by atoms with van der Waals surface area (Å²) in [7, 11) is 0. The quantitative estimate of drug-likeness (QED) is 0.575. The summed E-state index contributed by atoms with van der Waals surface area (Å²) in [5.41, 5.74) is 1.61. The van der Waals surface area contributed by atoms with E-state index in [1.807, 2.05) is 13.8 Å². The molecule has 7 nitrogen and oxygen atoms in total. The Balaban J connectivity index is 1.64. The van der Waals surface area contributed by atoms with Gasteiger partial charge < -0.3 is 10.1 Å². The Hall–Kier alpha value is -3.48. The number of carbonyl (C=O) groups is 4. The van der Waals surface area contributed by atoms with E-state index in [2.05, 4.69) is 5.32 Å². The van der Waals surface area contributed by atoms with Gasteiger partial charge in [-0.1, -0.05) is 31.2 Å². The van der Waals surface area contributed by atoms with Crippen molar-refractivity contribution in [1.29, 1.82) is 0 Å². The van der Waals surface area contributed by atoms with Crippen LogP contribution in [0.2, 0.25) is 0 Å². The van der Waals surface area contributed by atoms with Crippen molar-refractivity contribution >= 4 is 23.7 Å². The van der Waals surface area contributed by atoms with Crippen molar-refractivity contribution in [2.45, 2.75) is 32.9 Å². The third-order valence-corrected chi connectivity index (χ3v) is 4.74. The lowest BCUT2D eigenvalue weighted by Gasteiger charge is -2.14. The molecule has 0 spiro atoms. The SMILES string of the molecule is CC[C@@H](C)NC(=O)COC(=O)c1cccc(CN2C(=O)c3ccccc3C2=O)c1. The summed E-state index contributed by atoms with van der Waals surface area (Å²) in [6.45, 7) is 3.48. The van der Waals surface area contributed by atoms with E-state index in [-0.39, 0.29) is 42.5 Å². The summed E-state index contributed by atoms with van der Waals surface area (Å²) in [4.78, 5) is 50.1. The number of imide groups is 1. The number of fused-ring (bicyclic) bond motifs is 1. The fraction of sp³-hybridized carbons (Fsp3) is 0.273. The summed E-state index contributed by atoms with van der Waals surface area (Å²) >= 11 is 0. The molecule has 7 heteroatoms. The molecule has 0 saturated heterocycles. The normalized spacial score (nSPS) is 13.8. The van der Waals surface area contributed by atoms with E-state index < -0.39 is 5.97 Å². The number of rotatable bonds is 7. The van der Waals surface area contributed by atoms with Crippen molar-refractivity contribution in [3.63, 3.8) is 0 Å². The van der Waals surface area contributed by atoms with Gasteiger partial charge in [-0.2, -0.15) is 0 Å². The van der Waals surface area contributed by atoms with E-state index in [0.29, 0.717) is 16.7 Å². The molecule has 1 aliphatic rings. The maximum absolute atomic E-state index is 12.5. The second-order valence-electron chi connectivity index (χ2n) is 6.90.